The lowest BCUT2D eigenvalue weighted by molar-refractivity contribution is 1.12. The highest BCUT2D eigenvalue weighted by Crippen LogP contribution is 2.12. The van der Waals surface area contributed by atoms with E-state index in [1.165, 1.54) is 0 Å². The summed E-state index contributed by atoms with van der Waals surface area (Å²) < 4.78 is 0. The average molecular weight is 193 g/mol. The number of aromatic nitrogens is 2. The van der Waals surface area contributed by atoms with E-state index in [2.05, 4.69) is 10.2 Å². The smallest absolute Gasteiger partial charge is 0.0670 e. The highest BCUT2D eigenvalue weighted by atomic mass is 15.1. The minimum absolute atomic E-state index is 0.761. The van der Waals surface area contributed by atoms with Gasteiger partial charge in [-0.2, -0.15) is 5.10 Å². The van der Waals surface area contributed by atoms with Gasteiger partial charge in [-0.25, -0.2) is 0 Å². The second kappa shape index (κ2) is 6.95. The third-order valence-corrected chi connectivity index (χ3v) is 1.47. The zero-order valence-corrected chi connectivity index (χ0v) is 9.33. The summed E-state index contributed by atoms with van der Waals surface area (Å²) >= 11 is 0. The summed E-state index contributed by atoms with van der Waals surface area (Å²) in [6, 6.07) is 5.66. The van der Waals surface area contributed by atoms with Gasteiger partial charge in [-0.1, -0.05) is 27.7 Å². The molecule has 2 rings (SSSR count). The first-order chi connectivity index (χ1) is 6.86. The Hall–Kier alpha value is -1.51. The van der Waals surface area contributed by atoms with E-state index in [9.17, 15) is 0 Å². The van der Waals surface area contributed by atoms with Gasteiger partial charge in [0, 0.05) is 11.1 Å². The molecule has 1 aromatic heterocycles. The molecule has 0 bridgehead atoms. The number of rotatable bonds is 0. The SMILES string of the molecule is CC.CC.Nc1ccc2cn[nH]c2c1. The number of hydrogen-bond donors (Lipinski definition) is 2. The third-order valence-electron chi connectivity index (χ3n) is 1.47. The van der Waals surface area contributed by atoms with Crippen LogP contribution in [-0.2, 0) is 0 Å². The quantitative estimate of drug-likeness (QED) is 0.631. The predicted molar refractivity (Wildman–Crippen MR) is 63.2 cm³/mol. The summed E-state index contributed by atoms with van der Waals surface area (Å²) in [5.41, 5.74) is 7.28. The fourth-order valence-corrected chi connectivity index (χ4v) is 0.955. The number of nitrogen functional groups attached to an aromatic ring is 1. The fraction of sp³-hybridized carbons (Fsp3) is 0.364. The van der Waals surface area contributed by atoms with E-state index in [1.54, 1.807) is 6.20 Å². The van der Waals surface area contributed by atoms with Gasteiger partial charge < -0.3 is 5.73 Å². The molecule has 2 aromatic rings. The Morgan fingerprint density at radius 3 is 2.43 bits per heavy atom. The number of H-pyrrole nitrogens is 1. The molecule has 1 aromatic carbocycles. The van der Waals surface area contributed by atoms with E-state index in [0.717, 1.165) is 16.6 Å². The van der Waals surface area contributed by atoms with Crippen molar-refractivity contribution in [3.63, 3.8) is 0 Å². The topological polar surface area (TPSA) is 54.7 Å². The van der Waals surface area contributed by atoms with Crippen molar-refractivity contribution in [3.05, 3.63) is 24.4 Å². The zero-order valence-electron chi connectivity index (χ0n) is 9.33. The molecule has 0 radical (unpaired) electrons. The molecule has 0 aliphatic carbocycles. The van der Waals surface area contributed by atoms with Crippen LogP contribution in [0.5, 0.6) is 0 Å². The molecule has 1 heterocycles. The largest absolute Gasteiger partial charge is 0.399 e. The van der Waals surface area contributed by atoms with Gasteiger partial charge in [0.15, 0.2) is 0 Å². The number of nitrogens with two attached hydrogens (primary N) is 1. The second-order valence-electron chi connectivity index (χ2n) is 2.22. The lowest BCUT2D eigenvalue weighted by atomic mass is 10.2. The number of fused-ring (bicyclic) bond motifs is 1. The Labute approximate surface area is 85.3 Å². The first kappa shape index (κ1) is 12.5. The Balaban J connectivity index is 0.000000379. The molecule has 0 fully saturated rings. The maximum absolute atomic E-state index is 5.54. The van der Waals surface area contributed by atoms with E-state index in [4.69, 9.17) is 5.73 Å². The minimum atomic E-state index is 0.761. The predicted octanol–water partition coefficient (Wildman–Crippen LogP) is 3.20. The van der Waals surface area contributed by atoms with Crippen LogP contribution < -0.4 is 5.73 Å². The van der Waals surface area contributed by atoms with Crippen LogP contribution in [0, 0.1) is 0 Å². The van der Waals surface area contributed by atoms with Gasteiger partial charge in [-0.05, 0) is 18.2 Å². The van der Waals surface area contributed by atoms with Gasteiger partial charge in [0.2, 0.25) is 0 Å². The number of benzene rings is 1. The molecule has 0 atom stereocenters. The van der Waals surface area contributed by atoms with E-state index >= 15 is 0 Å². The summed E-state index contributed by atoms with van der Waals surface area (Å²) in [5.74, 6) is 0. The van der Waals surface area contributed by atoms with Crippen molar-refractivity contribution in [2.75, 3.05) is 5.73 Å². The van der Waals surface area contributed by atoms with E-state index < -0.39 is 0 Å². The number of nitrogens with one attached hydrogen (secondary N) is 1. The molecule has 78 valence electrons. The Kier molecular flexibility index (Phi) is 6.20. The van der Waals surface area contributed by atoms with E-state index in [0.29, 0.717) is 0 Å². The average Bonchev–Trinajstić information content (AvgIpc) is 2.71. The van der Waals surface area contributed by atoms with E-state index in [-0.39, 0.29) is 0 Å². The molecule has 0 saturated carbocycles. The van der Waals surface area contributed by atoms with Crippen LogP contribution in [-0.4, -0.2) is 10.2 Å². The highest BCUT2D eigenvalue weighted by molar-refractivity contribution is 5.80. The summed E-state index contributed by atoms with van der Waals surface area (Å²) in [6.45, 7) is 8.00. The Morgan fingerprint density at radius 1 is 1.14 bits per heavy atom. The molecule has 0 saturated heterocycles. The summed E-state index contributed by atoms with van der Waals surface area (Å²) in [5, 5.41) is 7.78. The summed E-state index contributed by atoms with van der Waals surface area (Å²) in [6.07, 6.45) is 1.77. The molecular formula is C11H19N3. The summed E-state index contributed by atoms with van der Waals surface area (Å²) in [7, 11) is 0. The molecule has 3 N–H and O–H groups in total. The minimum Gasteiger partial charge on any atom is -0.399 e. The molecular weight excluding hydrogens is 174 g/mol. The first-order valence-electron chi connectivity index (χ1n) is 5.05. The van der Waals surface area contributed by atoms with Crippen molar-refractivity contribution in [1.29, 1.82) is 0 Å². The monoisotopic (exact) mass is 193 g/mol. The van der Waals surface area contributed by atoms with Crippen molar-refractivity contribution in [2.24, 2.45) is 0 Å². The standard InChI is InChI=1S/C7H7N3.2C2H6/c8-6-2-1-5-4-9-10-7(5)3-6;2*1-2/h1-4H,8H2,(H,9,10);2*1-2H3. The second-order valence-corrected chi connectivity index (χ2v) is 2.22. The van der Waals surface area contributed by atoms with Crippen LogP contribution in [0.15, 0.2) is 24.4 Å². The highest BCUT2D eigenvalue weighted by Gasteiger charge is 1.92. The molecule has 0 amide bonds. The van der Waals surface area contributed by atoms with Gasteiger partial charge in [-0.15, -0.1) is 0 Å². The maximum Gasteiger partial charge on any atom is 0.0670 e. The van der Waals surface area contributed by atoms with Crippen LogP contribution in [0.3, 0.4) is 0 Å². The lowest BCUT2D eigenvalue weighted by Gasteiger charge is -1.89. The van der Waals surface area contributed by atoms with Crippen molar-refractivity contribution >= 4 is 16.6 Å². The molecule has 0 aliphatic heterocycles. The molecule has 3 nitrogen and oxygen atoms in total. The Bertz CT molecular complexity index is 352. The normalized spacial score (nSPS) is 8.29. The van der Waals surface area contributed by atoms with Crippen LogP contribution in [0.1, 0.15) is 27.7 Å². The number of hydrogen-bond acceptors (Lipinski definition) is 2. The fourth-order valence-electron chi connectivity index (χ4n) is 0.955. The van der Waals surface area contributed by atoms with Gasteiger partial charge in [0.05, 0.1) is 11.7 Å². The van der Waals surface area contributed by atoms with Gasteiger partial charge in [0.1, 0.15) is 0 Å². The van der Waals surface area contributed by atoms with Crippen LogP contribution in [0.25, 0.3) is 10.9 Å². The van der Waals surface area contributed by atoms with Crippen molar-refractivity contribution in [2.45, 2.75) is 27.7 Å². The van der Waals surface area contributed by atoms with Crippen LogP contribution >= 0.6 is 0 Å². The molecule has 3 heteroatoms. The number of nitrogens with zero attached hydrogens (tertiary/aromatic N) is 1. The van der Waals surface area contributed by atoms with Crippen molar-refractivity contribution in [3.8, 4) is 0 Å². The molecule has 0 aliphatic rings. The lowest BCUT2D eigenvalue weighted by Crippen LogP contribution is -1.81. The Morgan fingerprint density at radius 2 is 1.79 bits per heavy atom. The van der Waals surface area contributed by atoms with Gasteiger partial charge >= 0.3 is 0 Å². The molecule has 14 heavy (non-hydrogen) atoms. The number of anilines is 1. The maximum atomic E-state index is 5.54. The molecule has 0 spiro atoms. The molecule has 0 unspecified atom stereocenters. The van der Waals surface area contributed by atoms with Crippen LogP contribution in [0.4, 0.5) is 5.69 Å². The summed E-state index contributed by atoms with van der Waals surface area (Å²) in [4.78, 5) is 0. The van der Waals surface area contributed by atoms with Gasteiger partial charge in [0.25, 0.3) is 0 Å². The zero-order chi connectivity index (χ0) is 11.0. The third kappa shape index (κ3) is 3.09. The van der Waals surface area contributed by atoms with E-state index in [1.807, 2.05) is 45.9 Å². The van der Waals surface area contributed by atoms with Gasteiger partial charge in [-0.3, -0.25) is 5.10 Å². The van der Waals surface area contributed by atoms with Crippen molar-refractivity contribution < 1.29 is 0 Å². The van der Waals surface area contributed by atoms with Crippen molar-refractivity contribution in [1.82, 2.24) is 10.2 Å². The number of aromatic amines is 1. The first-order valence-corrected chi connectivity index (χ1v) is 5.05. The van der Waals surface area contributed by atoms with Crippen LogP contribution in [0.2, 0.25) is 0 Å².